The van der Waals surface area contributed by atoms with Gasteiger partial charge in [-0.3, -0.25) is 0 Å². The van der Waals surface area contributed by atoms with Gasteiger partial charge in [0, 0.05) is 0 Å². The highest BCUT2D eigenvalue weighted by Crippen LogP contribution is 2.19. The zero-order chi connectivity index (χ0) is 16.1. The lowest BCUT2D eigenvalue weighted by molar-refractivity contribution is 0.0510. The number of esters is 2. The van der Waals surface area contributed by atoms with E-state index in [9.17, 15) is 14.7 Å². The fourth-order valence-corrected chi connectivity index (χ4v) is 1.81. The van der Waals surface area contributed by atoms with E-state index in [0.29, 0.717) is 17.9 Å². The van der Waals surface area contributed by atoms with Gasteiger partial charge in [-0.1, -0.05) is 0 Å². The van der Waals surface area contributed by atoms with Crippen LogP contribution in [0.3, 0.4) is 0 Å². The molecular weight excluding hydrogens is 288 g/mol. The first-order valence-corrected chi connectivity index (χ1v) is 6.80. The predicted octanol–water partition coefficient (Wildman–Crippen LogP) is 1.93. The summed E-state index contributed by atoms with van der Waals surface area (Å²) in [6.45, 7) is 3.89. The molecule has 0 aliphatic rings. The normalized spacial score (nSPS) is 10.3. The maximum atomic E-state index is 11.6. The quantitative estimate of drug-likeness (QED) is 0.849. The first kappa shape index (κ1) is 15.6. The number of carbonyl (C=O) groups excluding carboxylic acids is 2. The molecule has 0 unspecified atom stereocenters. The number of aromatic nitrogens is 2. The van der Waals surface area contributed by atoms with Gasteiger partial charge in [0.25, 0.3) is 0 Å². The van der Waals surface area contributed by atoms with E-state index in [-0.39, 0.29) is 18.1 Å². The average molecular weight is 304 g/mol. The molecule has 0 spiro atoms. The Hall–Kier alpha value is -2.83. The summed E-state index contributed by atoms with van der Waals surface area (Å²) in [6.07, 6.45) is 1.30. The Kier molecular flexibility index (Phi) is 4.77. The van der Waals surface area contributed by atoms with Crippen LogP contribution in [0.2, 0.25) is 0 Å². The van der Waals surface area contributed by atoms with Gasteiger partial charge in [0.2, 0.25) is 5.69 Å². The van der Waals surface area contributed by atoms with E-state index >= 15 is 0 Å². The van der Waals surface area contributed by atoms with Gasteiger partial charge in [-0.15, -0.1) is 0 Å². The van der Waals surface area contributed by atoms with Crippen molar-refractivity contribution in [3.8, 4) is 11.4 Å². The second-order valence-electron chi connectivity index (χ2n) is 4.30. The molecule has 0 fully saturated rings. The standard InChI is InChI=1S/C15H16N2O5/c1-3-21-14(19)10-5-7-11(8-6-10)17-9-12(18)13(16-17)15(20)22-4-2/h5-9,18H,3-4H2,1-2H3. The van der Waals surface area contributed by atoms with Gasteiger partial charge < -0.3 is 14.6 Å². The molecule has 0 aliphatic carbocycles. The molecule has 7 heteroatoms. The van der Waals surface area contributed by atoms with Crippen molar-refractivity contribution in [3.63, 3.8) is 0 Å². The van der Waals surface area contributed by atoms with Crippen LogP contribution in [0.1, 0.15) is 34.7 Å². The summed E-state index contributed by atoms with van der Waals surface area (Å²) in [5, 5.41) is 13.7. The number of aromatic hydroxyl groups is 1. The minimum absolute atomic E-state index is 0.156. The van der Waals surface area contributed by atoms with Crippen LogP contribution in [-0.2, 0) is 9.47 Å². The summed E-state index contributed by atoms with van der Waals surface area (Å²) < 4.78 is 11.0. The van der Waals surface area contributed by atoms with E-state index in [2.05, 4.69) is 5.10 Å². The minimum atomic E-state index is -0.693. The fourth-order valence-electron chi connectivity index (χ4n) is 1.81. The van der Waals surface area contributed by atoms with Gasteiger partial charge >= 0.3 is 11.9 Å². The molecule has 2 aromatic rings. The molecule has 22 heavy (non-hydrogen) atoms. The zero-order valence-corrected chi connectivity index (χ0v) is 12.3. The average Bonchev–Trinajstić information content (AvgIpc) is 2.90. The molecule has 0 atom stereocenters. The summed E-state index contributed by atoms with van der Waals surface area (Å²) in [5.74, 6) is -1.38. The van der Waals surface area contributed by atoms with Crippen molar-refractivity contribution in [2.24, 2.45) is 0 Å². The monoisotopic (exact) mass is 304 g/mol. The molecule has 0 saturated carbocycles. The number of benzene rings is 1. The number of ether oxygens (including phenoxy) is 2. The molecule has 1 aromatic heterocycles. The Labute approximate surface area is 127 Å². The van der Waals surface area contributed by atoms with E-state index in [4.69, 9.17) is 9.47 Å². The van der Waals surface area contributed by atoms with Gasteiger partial charge in [0.15, 0.2) is 5.75 Å². The highest BCUT2D eigenvalue weighted by Gasteiger charge is 2.18. The van der Waals surface area contributed by atoms with Gasteiger partial charge in [-0.2, -0.15) is 5.10 Å². The Bertz CT molecular complexity index is 676. The summed E-state index contributed by atoms with van der Waals surface area (Å²) in [7, 11) is 0. The SMILES string of the molecule is CCOC(=O)c1ccc(-n2cc(O)c(C(=O)OCC)n2)cc1. The highest BCUT2D eigenvalue weighted by molar-refractivity contribution is 5.90. The van der Waals surface area contributed by atoms with Crippen LogP contribution in [0.25, 0.3) is 5.69 Å². The molecule has 1 heterocycles. The molecule has 2 rings (SSSR count). The molecule has 1 N–H and O–H groups in total. The van der Waals surface area contributed by atoms with Crippen molar-refractivity contribution in [2.75, 3.05) is 13.2 Å². The minimum Gasteiger partial charge on any atom is -0.504 e. The second-order valence-corrected chi connectivity index (χ2v) is 4.30. The number of rotatable bonds is 5. The van der Waals surface area contributed by atoms with Crippen LogP contribution in [0.15, 0.2) is 30.5 Å². The maximum Gasteiger partial charge on any atom is 0.362 e. The number of carbonyl (C=O) groups is 2. The first-order chi connectivity index (χ1) is 10.6. The highest BCUT2D eigenvalue weighted by atomic mass is 16.5. The molecular formula is C15H16N2O5. The molecule has 0 bridgehead atoms. The number of hydrogen-bond donors (Lipinski definition) is 1. The molecule has 0 saturated heterocycles. The third-order valence-corrected chi connectivity index (χ3v) is 2.81. The smallest absolute Gasteiger partial charge is 0.362 e. The van der Waals surface area contributed by atoms with Gasteiger partial charge in [0.05, 0.1) is 30.7 Å². The van der Waals surface area contributed by atoms with E-state index in [1.807, 2.05) is 0 Å². The first-order valence-electron chi connectivity index (χ1n) is 6.80. The second kappa shape index (κ2) is 6.75. The summed E-state index contributed by atoms with van der Waals surface area (Å²) >= 11 is 0. The molecule has 0 amide bonds. The Morgan fingerprint density at radius 3 is 2.27 bits per heavy atom. The lowest BCUT2D eigenvalue weighted by Gasteiger charge is -2.04. The van der Waals surface area contributed by atoms with Crippen LogP contribution in [0.4, 0.5) is 0 Å². The largest absolute Gasteiger partial charge is 0.504 e. The summed E-state index contributed by atoms with van der Waals surface area (Å²) in [4.78, 5) is 23.2. The molecule has 0 radical (unpaired) electrons. The van der Waals surface area contributed by atoms with E-state index in [1.54, 1.807) is 38.1 Å². The van der Waals surface area contributed by atoms with Crippen molar-refractivity contribution in [1.82, 2.24) is 9.78 Å². The van der Waals surface area contributed by atoms with Crippen LogP contribution >= 0.6 is 0 Å². The van der Waals surface area contributed by atoms with Crippen molar-refractivity contribution in [2.45, 2.75) is 13.8 Å². The molecule has 7 nitrogen and oxygen atoms in total. The third kappa shape index (κ3) is 3.25. The summed E-state index contributed by atoms with van der Waals surface area (Å²) in [5.41, 5.74) is 0.836. The van der Waals surface area contributed by atoms with Gasteiger partial charge in [0.1, 0.15) is 0 Å². The Morgan fingerprint density at radius 1 is 1.09 bits per heavy atom. The van der Waals surface area contributed by atoms with Crippen molar-refractivity contribution < 1.29 is 24.2 Å². The van der Waals surface area contributed by atoms with Crippen LogP contribution in [0.5, 0.6) is 5.75 Å². The fraction of sp³-hybridized carbons (Fsp3) is 0.267. The predicted molar refractivity (Wildman–Crippen MR) is 77.1 cm³/mol. The maximum absolute atomic E-state index is 11.6. The van der Waals surface area contributed by atoms with Gasteiger partial charge in [-0.25, -0.2) is 14.3 Å². The third-order valence-electron chi connectivity index (χ3n) is 2.81. The number of nitrogens with zero attached hydrogens (tertiary/aromatic N) is 2. The van der Waals surface area contributed by atoms with Crippen LogP contribution in [0, 0.1) is 0 Å². The Balaban J connectivity index is 2.24. The zero-order valence-electron chi connectivity index (χ0n) is 12.3. The topological polar surface area (TPSA) is 90.7 Å². The Morgan fingerprint density at radius 2 is 1.68 bits per heavy atom. The van der Waals surface area contributed by atoms with Crippen LogP contribution in [-0.4, -0.2) is 40.0 Å². The lowest BCUT2D eigenvalue weighted by atomic mass is 10.2. The van der Waals surface area contributed by atoms with E-state index in [1.165, 1.54) is 10.9 Å². The van der Waals surface area contributed by atoms with Crippen molar-refractivity contribution in [3.05, 3.63) is 41.7 Å². The lowest BCUT2D eigenvalue weighted by Crippen LogP contribution is -2.07. The molecule has 1 aromatic carbocycles. The van der Waals surface area contributed by atoms with Crippen molar-refractivity contribution in [1.29, 1.82) is 0 Å². The molecule has 116 valence electrons. The van der Waals surface area contributed by atoms with Crippen molar-refractivity contribution >= 4 is 11.9 Å². The molecule has 0 aliphatic heterocycles. The summed E-state index contributed by atoms with van der Waals surface area (Å²) in [6, 6.07) is 6.42. The number of hydrogen-bond acceptors (Lipinski definition) is 6. The van der Waals surface area contributed by atoms with Crippen LogP contribution < -0.4 is 0 Å². The van der Waals surface area contributed by atoms with Gasteiger partial charge in [-0.05, 0) is 38.1 Å². The van der Waals surface area contributed by atoms with E-state index < -0.39 is 11.9 Å². The van der Waals surface area contributed by atoms with E-state index in [0.717, 1.165) is 0 Å².